The number of alkyl halides is 2. The fourth-order valence-electron chi connectivity index (χ4n) is 8.66. The first-order chi connectivity index (χ1) is 28.4. The van der Waals surface area contributed by atoms with Gasteiger partial charge in [0.15, 0.2) is 11.5 Å². The highest BCUT2D eigenvalue weighted by Crippen LogP contribution is 2.60. The normalized spacial score (nSPS) is 26.4. The lowest BCUT2D eigenvalue weighted by molar-refractivity contribution is -0.159. The van der Waals surface area contributed by atoms with E-state index in [0.717, 1.165) is 10.2 Å². The topological polar surface area (TPSA) is 175 Å². The molecule has 0 unspecified atom stereocenters. The Kier molecular flexibility index (Phi) is 11.2. The minimum Gasteiger partial charge on any atom is -0.471 e. The summed E-state index contributed by atoms with van der Waals surface area (Å²) in [6.45, 7) is 5.05. The van der Waals surface area contributed by atoms with E-state index in [-0.39, 0.29) is 44.5 Å². The summed E-state index contributed by atoms with van der Waals surface area (Å²) in [7, 11) is -4.06. The average Bonchev–Trinajstić information content (AvgIpc) is 4.06. The first kappa shape index (κ1) is 42.1. The number of thiazole rings is 1. The summed E-state index contributed by atoms with van der Waals surface area (Å²) in [5.41, 5.74) is -0.256. The van der Waals surface area contributed by atoms with Crippen molar-refractivity contribution in [1.29, 1.82) is 0 Å². The van der Waals surface area contributed by atoms with Gasteiger partial charge >= 0.3 is 5.97 Å². The molecule has 60 heavy (non-hydrogen) atoms. The zero-order valence-corrected chi connectivity index (χ0v) is 35.5. The number of ketones is 1. The maximum absolute atomic E-state index is 15.5. The van der Waals surface area contributed by atoms with Crippen LogP contribution < -0.4 is 9.46 Å². The molecule has 2 aromatic carbocycles. The standard InChI is InChI=1S/C43H49F2N5O8S2/c1-41(2,3)58-35(52)19-25-11-5-4-10-18-43(44,45)22-26-21-42(26,40(54)49-60(55,56)28-16-17-28)23-33(51)32-20-27(24-50(32)39(25)53)57-37-36(46-29-12-6-7-13-30(29)47-37)38-48-31-14-8-9-15-34(31)59-38/h6-9,12-15,25-28,32H,4-5,10-11,16-24H2,1-3H3,(H,49,54)/t25-,26+,27-,32+,42-/m1/s1. The van der Waals surface area contributed by atoms with Crippen molar-refractivity contribution in [3.63, 3.8) is 0 Å². The Balaban J connectivity index is 1.14. The molecule has 0 spiro atoms. The minimum absolute atomic E-state index is 0.0452. The minimum atomic E-state index is -4.06. The Bertz CT molecular complexity index is 2420. The van der Waals surface area contributed by atoms with Gasteiger partial charge in [0.2, 0.25) is 33.6 Å². The Morgan fingerprint density at radius 3 is 2.33 bits per heavy atom. The maximum atomic E-state index is 15.5. The second-order valence-electron chi connectivity index (χ2n) is 17.9. The fraction of sp³-hybridized carbons (Fsp3) is 0.558. The number of Topliss-reactive ketones (excluding diaryl/α,β-unsaturated/α-hetero) is 1. The Morgan fingerprint density at radius 2 is 1.63 bits per heavy atom. The molecule has 320 valence electrons. The molecule has 2 aromatic heterocycles. The van der Waals surface area contributed by atoms with E-state index in [2.05, 4.69) is 4.72 Å². The summed E-state index contributed by atoms with van der Waals surface area (Å²) in [6, 6.07) is 13.7. The number of carbonyl (C=O) groups excluding carboxylic acids is 4. The van der Waals surface area contributed by atoms with Crippen molar-refractivity contribution in [1.82, 2.24) is 24.6 Å². The molecule has 2 saturated heterocycles. The van der Waals surface area contributed by atoms with Crippen LogP contribution in [0.2, 0.25) is 0 Å². The highest BCUT2D eigenvalue weighted by Gasteiger charge is 2.64. The first-order valence-electron chi connectivity index (χ1n) is 20.7. The molecule has 2 amide bonds. The van der Waals surface area contributed by atoms with Gasteiger partial charge in [-0.3, -0.25) is 23.9 Å². The molecular weight excluding hydrogens is 817 g/mol. The van der Waals surface area contributed by atoms with Crippen molar-refractivity contribution < 1.29 is 45.9 Å². The number of para-hydroxylation sites is 3. The van der Waals surface area contributed by atoms with E-state index in [0.29, 0.717) is 47.4 Å². The van der Waals surface area contributed by atoms with Gasteiger partial charge in [0.05, 0.1) is 50.9 Å². The van der Waals surface area contributed by atoms with E-state index in [1.54, 1.807) is 26.8 Å². The Hall–Kier alpha value is -4.64. The van der Waals surface area contributed by atoms with Crippen LogP contribution in [0.4, 0.5) is 8.78 Å². The predicted octanol–water partition coefficient (Wildman–Crippen LogP) is 7.17. The van der Waals surface area contributed by atoms with Gasteiger partial charge < -0.3 is 14.4 Å². The molecule has 2 aliphatic heterocycles. The van der Waals surface area contributed by atoms with Crippen LogP contribution in [-0.2, 0) is 33.9 Å². The number of hydrogen-bond acceptors (Lipinski definition) is 12. The van der Waals surface area contributed by atoms with Gasteiger partial charge in [-0.1, -0.05) is 37.1 Å². The third-order valence-corrected chi connectivity index (χ3v) is 14.8. The van der Waals surface area contributed by atoms with Gasteiger partial charge in [0.25, 0.3) is 0 Å². The van der Waals surface area contributed by atoms with Crippen molar-refractivity contribution in [2.45, 2.75) is 127 Å². The summed E-state index contributed by atoms with van der Waals surface area (Å²) in [4.78, 5) is 72.4. The maximum Gasteiger partial charge on any atom is 0.307 e. The van der Waals surface area contributed by atoms with Gasteiger partial charge in [-0.25, -0.2) is 32.2 Å². The van der Waals surface area contributed by atoms with Crippen LogP contribution in [0.15, 0.2) is 48.5 Å². The van der Waals surface area contributed by atoms with E-state index >= 15 is 8.78 Å². The quantitative estimate of drug-likeness (QED) is 0.178. The van der Waals surface area contributed by atoms with Crippen molar-refractivity contribution in [2.24, 2.45) is 17.3 Å². The molecule has 4 heterocycles. The predicted molar refractivity (Wildman–Crippen MR) is 220 cm³/mol. The lowest BCUT2D eigenvalue weighted by Crippen LogP contribution is -2.46. The third kappa shape index (κ3) is 9.16. The molecule has 2 aliphatic carbocycles. The molecule has 8 rings (SSSR count). The van der Waals surface area contributed by atoms with Crippen molar-refractivity contribution in [2.75, 3.05) is 6.54 Å². The van der Waals surface area contributed by atoms with Crippen LogP contribution in [0.1, 0.15) is 97.8 Å². The number of hydrogen-bond donors (Lipinski definition) is 1. The van der Waals surface area contributed by atoms with Gasteiger partial charge in [-0.15, -0.1) is 11.3 Å². The number of benzene rings is 2. The van der Waals surface area contributed by atoms with Crippen LogP contribution in [0.5, 0.6) is 5.88 Å². The second-order valence-corrected chi connectivity index (χ2v) is 20.8. The molecule has 17 heteroatoms. The highest BCUT2D eigenvalue weighted by molar-refractivity contribution is 7.90. The van der Waals surface area contributed by atoms with Gasteiger partial charge in [-0.2, -0.15) is 0 Å². The Morgan fingerprint density at radius 1 is 0.933 bits per heavy atom. The number of carbonyl (C=O) groups is 4. The largest absolute Gasteiger partial charge is 0.471 e. The second kappa shape index (κ2) is 16.0. The van der Waals surface area contributed by atoms with Gasteiger partial charge in [0, 0.05) is 31.6 Å². The van der Waals surface area contributed by atoms with Crippen LogP contribution in [0.25, 0.3) is 32.0 Å². The zero-order chi connectivity index (χ0) is 42.6. The van der Waals surface area contributed by atoms with Crippen LogP contribution in [-0.4, -0.2) is 87.3 Å². The van der Waals surface area contributed by atoms with Gasteiger partial charge in [-0.05, 0) is 83.1 Å². The molecular formula is C43H49F2N5O8S2. The summed E-state index contributed by atoms with van der Waals surface area (Å²) < 4.78 is 72.2. The summed E-state index contributed by atoms with van der Waals surface area (Å²) >= 11 is 1.41. The number of esters is 1. The lowest BCUT2D eigenvalue weighted by atomic mass is 9.89. The fourth-order valence-corrected chi connectivity index (χ4v) is 11.0. The first-order valence-corrected chi connectivity index (χ1v) is 23.0. The molecule has 2 saturated carbocycles. The molecule has 4 aliphatic rings. The third-order valence-electron chi connectivity index (χ3n) is 11.9. The van der Waals surface area contributed by atoms with E-state index < -0.39 is 99.0 Å². The van der Waals surface area contributed by atoms with Crippen molar-refractivity contribution in [3.05, 3.63) is 48.5 Å². The SMILES string of the molecule is CC(C)(C)OC(=O)C[C@H]1CCCCCC(F)(F)C[C@@H]2C[C@@]2(C(=O)NS(=O)(=O)C2CC2)CC(=O)[C@@H]2C[C@@H](Oc3nc4ccccc4nc3-c3nc4ccccc4s3)CN2C1=O. The number of amides is 2. The molecule has 0 bridgehead atoms. The monoisotopic (exact) mass is 865 g/mol. The van der Waals surface area contributed by atoms with Crippen LogP contribution >= 0.6 is 11.3 Å². The summed E-state index contributed by atoms with van der Waals surface area (Å²) in [6.07, 6.45) is -1.15. The molecule has 13 nitrogen and oxygen atoms in total. The Labute approximate surface area is 351 Å². The summed E-state index contributed by atoms with van der Waals surface area (Å²) in [5, 5.41) is -0.198. The molecule has 5 atom stereocenters. The van der Waals surface area contributed by atoms with Gasteiger partial charge in [0.1, 0.15) is 16.7 Å². The number of fused-ring (bicyclic) bond motifs is 4. The van der Waals surface area contributed by atoms with E-state index in [4.69, 9.17) is 24.4 Å². The van der Waals surface area contributed by atoms with Crippen LogP contribution in [0.3, 0.4) is 0 Å². The van der Waals surface area contributed by atoms with E-state index in [9.17, 15) is 27.6 Å². The van der Waals surface area contributed by atoms with E-state index in [1.165, 1.54) is 16.2 Å². The lowest BCUT2D eigenvalue weighted by Gasteiger charge is -2.29. The zero-order valence-electron chi connectivity index (χ0n) is 33.8. The molecule has 4 aromatic rings. The smallest absolute Gasteiger partial charge is 0.307 e. The molecule has 0 radical (unpaired) electrons. The number of rotatable bonds is 8. The van der Waals surface area contributed by atoms with Crippen molar-refractivity contribution in [3.8, 4) is 16.6 Å². The number of nitrogens with one attached hydrogen (secondary N) is 1. The number of halogens is 2. The van der Waals surface area contributed by atoms with Crippen LogP contribution in [0, 0.1) is 17.3 Å². The number of nitrogens with zero attached hydrogens (tertiary/aromatic N) is 4. The highest BCUT2D eigenvalue weighted by atomic mass is 32.2. The number of sulfonamides is 1. The number of ether oxygens (including phenoxy) is 2. The van der Waals surface area contributed by atoms with E-state index in [1.807, 2.05) is 42.5 Å². The summed E-state index contributed by atoms with van der Waals surface area (Å²) in [5.74, 6) is -7.57. The molecule has 1 N–H and O–H groups in total. The average molecular weight is 866 g/mol. The molecule has 4 fully saturated rings. The van der Waals surface area contributed by atoms with Crippen molar-refractivity contribution >= 4 is 66.2 Å². The number of aromatic nitrogens is 3.